The second-order valence-corrected chi connectivity index (χ2v) is 4.80. The third-order valence-corrected chi connectivity index (χ3v) is 3.23. The quantitative estimate of drug-likeness (QED) is 0.768. The summed E-state index contributed by atoms with van der Waals surface area (Å²) in [5.74, 6) is 2.51. The van der Waals surface area contributed by atoms with E-state index in [1.54, 1.807) is 7.11 Å². The Morgan fingerprint density at radius 2 is 2.16 bits per heavy atom. The first-order chi connectivity index (χ1) is 9.19. The first kappa shape index (κ1) is 14.0. The van der Waals surface area contributed by atoms with Crippen molar-refractivity contribution in [2.24, 2.45) is 0 Å². The highest BCUT2D eigenvalue weighted by molar-refractivity contribution is 5.49. The molecule has 19 heavy (non-hydrogen) atoms. The Morgan fingerprint density at radius 1 is 1.42 bits per heavy atom. The highest BCUT2D eigenvalue weighted by Crippen LogP contribution is 2.20. The van der Waals surface area contributed by atoms with Crippen molar-refractivity contribution in [1.29, 1.82) is 0 Å². The topological polar surface area (TPSA) is 70.5 Å². The lowest BCUT2D eigenvalue weighted by Crippen LogP contribution is -2.36. The predicted molar refractivity (Wildman–Crippen MR) is 74.6 cm³/mol. The lowest BCUT2D eigenvalue weighted by molar-refractivity contribution is 0.145. The van der Waals surface area contributed by atoms with Crippen LogP contribution in [0.15, 0.2) is 6.07 Å². The number of rotatable bonds is 5. The molecule has 1 aliphatic heterocycles. The van der Waals surface area contributed by atoms with Gasteiger partial charge in [-0.1, -0.05) is 0 Å². The Labute approximate surface area is 113 Å². The zero-order chi connectivity index (χ0) is 13.7. The standard InChI is InChI=1S/C13H22N4O2/c1-10-15-12(14-5-8-19-2)9-13(16-10)17-6-3-11(18)4-7-17/h9,11,18H,3-8H2,1-2H3,(H,14,15,16). The summed E-state index contributed by atoms with van der Waals surface area (Å²) in [7, 11) is 1.68. The molecule has 6 nitrogen and oxygen atoms in total. The van der Waals surface area contributed by atoms with Gasteiger partial charge in [0, 0.05) is 32.8 Å². The zero-order valence-electron chi connectivity index (χ0n) is 11.6. The maximum atomic E-state index is 9.54. The Hall–Kier alpha value is -1.40. The smallest absolute Gasteiger partial charge is 0.134 e. The number of ether oxygens (including phenoxy) is 1. The van der Waals surface area contributed by atoms with Gasteiger partial charge in [-0.2, -0.15) is 0 Å². The van der Waals surface area contributed by atoms with E-state index < -0.39 is 0 Å². The van der Waals surface area contributed by atoms with Gasteiger partial charge in [0.25, 0.3) is 0 Å². The van der Waals surface area contributed by atoms with Gasteiger partial charge in [0.05, 0.1) is 12.7 Å². The van der Waals surface area contributed by atoms with Gasteiger partial charge in [-0.15, -0.1) is 0 Å². The third kappa shape index (κ3) is 4.04. The zero-order valence-corrected chi connectivity index (χ0v) is 11.6. The van der Waals surface area contributed by atoms with E-state index in [2.05, 4.69) is 20.2 Å². The Balaban J connectivity index is 2.03. The second-order valence-electron chi connectivity index (χ2n) is 4.80. The first-order valence-corrected chi connectivity index (χ1v) is 6.70. The van der Waals surface area contributed by atoms with Gasteiger partial charge in [-0.05, 0) is 19.8 Å². The molecule has 1 fully saturated rings. The molecule has 0 aromatic carbocycles. The van der Waals surface area contributed by atoms with Crippen molar-refractivity contribution < 1.29 is 9.84 Å². The van der Waals surface area contributed by atoms with Crippen LogP contribution in [0.2, 0.25) is 0 Å². The SMILES string of the molecule is COCCNc1cc(N2CCC(O)CC2)nc(C)n1. The fourth-order valence-electron chi connectivity index (χ4n) is 2.18. The van der Waals surface area contributed by atoms with Gasteiger partial charge in [0.1, 0.15) is 17.5 Å². The van der Waals surface area contributed by atoms with E-state index in [0.717, 1.165) is 49.9 Å². The minimum Gasteiger partial charge on any atom is -0.393 e. The van der Waals surface area contributed by atoms with E-state index in [4.69, 9.17) is 4.74 Å². The highest BCUT2D eigenvalue weighted by Gasteiger charge is 2.18. The number of hydrogen-bond donors (Lipinski definition) is 2. The van der Waals surface area contributed by atoms with Crippen molar-refractivity contribution in [3.05, 3.63) is 11.9 Å². The molecule has 6 heteroatoms. The van der Waals surface area contributed by atoms with Crippen molar-refractivity contribution in [1.82, 2.24) is 9.97 Å². The van der Waals surface area contributed by atoms with Crippen molar-refractivity contribution >= 4 is 11.6 Å². The molecule has 0 amide bonds. The predicted octanol–water partition coefficient (Wildman–Crippen LogP) is 0.804. The molecule has 0 unspecified atom stereocenters. The number of nitrogens with zero attached hydrogens (tertiary/aromatic N) is 3. The van der Waals surface area contributed by atoms with Crippen LogP contribution in [0.5, 0.6) is 0 Å². The fourth-order valence-corrected chi connectivity index (χ4v) is 2.18. The summed E-state index contributed by atoms with van der Waals surface area (Å²) >= 11 is 0. The number of methoxy groups -OCH3 is 1. The molecule has 0 spiro atoms. The van der Waals surface area contributed by atoms with E-state index in [1.807, 2.05) is 13.0 Å². The van der Waals surface area contributed by atoms with Crippen LogP contribution in [0, 0.1) is 6.92 Å². The van der Waals surface area contributed by atoms with Crippen LogP contribution in [0.25, 0.3) is 0 Å². The number of aryl methyl sites for hydroxylation is 1. The third-order valence-electron chi connectivity index (χ3n) is 3.23. The summed E-state index contributed by atoms with van der Waals surface area (Å²) in [6.07, 6.45) is 1.43. The number of aromatic nitrogens is 2. The van der Waals surface area contributed by atoms with Crippen molar-refractivity contribution in [2.75, 3.05) is 43.6 Å². The lowest BCUT2D eigenvalue weighted by atomic mass is 10.1. The molecular formula is C13H22N4O2. The molecule has 2 rings (SSSR count). The highest BCUT2D eigenvalue weighted by atomic mass is 16.5. The van der Waals surface area contributed by atoms with E-state index in [1.165, 1.54) is 0 Å². The number of nitrogens with one attached hydrogen (secondary N) is 1. The van der Waals surface area contributed by atoms with Crippen LogP contribution in [0.1, 0.15) is 18.7 Å². The maximum absolute atomic E-state index is 9.54. The molecule has 0 saturated carbocycles. The van der Waals surface area contributed by atoms with E-state index in [-0.39, 0.29) is 6.10 Å². The number of aliphatic hydroxyl groups is 1. The van der Waals surface area contributed by atoms with Crippen LogP contribution in [-0.4, -0.2) is 54.5 Å². The van der Waals surface area contributed by atoms with E-state index in [0.29, 0.717) is 6.61 Å². The van der Waals surface area contributed by atoms with Gasteiger partial charge < -0.3 is 20.1 Å². The molecule has 0 bridgehead atoms. The van der Waals surface area contributed by atoms with Crippen LogP contribution in [0.4, 0.5) is 11.6 Å². The van der Waals surface area contributed by atoms with Gasteiger partial charge in [0.15, 0.2) is 0 Å². The second kappa shape index (κ2) is 6.68. The van der Waals surface area contributed by atoms with E-state index in [9.17, 15) is 5.11 Å². The van der Waals surface area contributed by atoms with Crippen molar-refractivity contribution in [2.45, 2.75) is 25.9 Å². The minimum atomic E-state index is -0.168. The number of piperidine rings is 1. The summed E-state index contributed by atoms with van der Waals surface area (Å²) in [6.45, 7) is 4.95. The van der Waals surface area contributed by atoms with Crippen molar-refractivity contribution in [3.63, 3.8) is 0 Å². The van der Waals surface area contributed by atoms with Gasteiger partial charge in [-0.25, -0.2) is 9.97 Å². The molecule has 0 atom stereocenters. The van der Waals surface area contributed by atoms with Gasteiger partial charge in [0.2, 0.25) is 0 Å². The molecule has 0 aliphatic carbocycles. The Morgan fingerprint density at radius 3 is 2.84 bits per heavy atom. The molecule has 106 valence electrons. The molecule has 1 aromatic heterocycles. The molecule has 1 aliphatic rings. The molecular weight excluding hydrogens is 244 g/mol. The summed E-state index contributed by atoms with van der Waals surface area (Å²) in [5, 5.41) is 12.8. The average Bonchev–Trinajstić information content (AvgIpc) is 2.39. The lowest BCUT2D eigenvalue weighted by Gasteiger charge is -2.30. The number of aliphatic hydroxyl groups excluding tert-OH is 1. The van der Waals surface area contributed by atoms with Crippen LogP contribution in [-0.2, 0) is 4.74 Å². The minimum absolute atomic E-state index is 0.168. The maximum Gasteiger partial charge on any atom is 0.134 e. The molecule has 2 heterocycles. The normalized spacial score (nSPS) is 16.7. The Bertz CT molecular complexity index is 406. The molecule has 1 aromatic rings. The number of hydrogen-bond acceptors (Lipinski definition) is 6. The van der Waals surface area contributed by atoms with Gasteiger partial charge >= 0.3 is 0 Å². The molecule has 2 N–H and O–H groups in total. The van der Waals surface area contributed by atoms with Crippen LogP contribution < -0.4 is 10.2 Å². The summed E-state index contributed by atoms with van der Waals surface area (Å²) < 4.78 is 5.01. The first-order valence-electron chi connectivity index (χ1n) is 6.70. The fraction of sp³-hybridized carbons (Fsp3) is 0.692. The summed E-state index contributed by atoms with van der Waals surface area (Å²) in [4.78, 5) is 11.0. The number of anilines is 2. The van der Waals surface area contributed by atoms with Crippen LogP contribution >= 0.6 is 0 Å². The van der Waals surface area contributed by atoms with E-state index >= 15 is 0 Å². The van der Waals surface area contributed by atoms with Gasteiger partial charge in [-0.3, -0.25) is 0 Å². The Kier molecular flexibility index (Phi) is 4.93. The molecule has 1 saturated heterocycles. The average molecular weight is 266 g/mol. The van der Waals surface area contributed by atoms with Crippen molar-refractivity contribution in [3.8, 4) is 0 Å². The summed E-state index contributed by atoms with van der Waals surface area (Å²) in [5.41, 5.74) is 0. The van der Waals surface area contributed by atoms with Crippen LogP contribution in [0.3, 0.4) is 0 Å². The largest absolute Gasteiger partial charge is 0.393 e. The monoisotopic (exact) mass is 266 g/mol. The summed E-state index contributed by atoms with van der Waals surface area (Å²) in [6, 6.07) is 1.96. The molecule has 0 radical (unpaired) electrons.